The molecule has 5 aliphatic rings. The summed E-state index contributed by atoms with van der Waals surface area (Å²) in [4.78, 5) is 2.37. The number of ether oxygens (including phenoxy) is 1. The molecule has 4 bridgehead atoms. The highest BCUT2D eigenvalue weighted by Crippen LogP contribution is 2.61. The number of rotatable bonds is 7. The second-order valence-corrected chi connectivity index (χ2v) is 10.2. The van der Waals surface area contributed by atoms with Gasteiger partial charge in [0, 0.05) is 26.2 Å². The molecule has 1 aliphatic heterocycles. The summed E-state index contributed by atoms with van der Waals surface area (Å²) in [5.41, 5.74) is 3.48. The number of benzene rings is 1. The van der Waals surface area contributed by atoms with Crippen LogP contribution >= 0.6 is 0 Å². The molecule has 0 unspecified atom stereocenters. The minimum Gasteiger partial charge on any atom is -0.389 e. The summed E-state index contributed by atoms with van der Waals surface area (Å²) in [6, 6.07) is 8.69. The van der Waals surface area contributed by atoms with Gasteiger partial charge in [-0.1, -0.05) is 24.3 Å². The van der Waals surface area contributed by atoms with E-state index in [2.05, 4.69) is 29.2 Å². The lowest BCUT2D eigenvalue weighted by Crippen LogP contribution is -2.46. The summed E-state index contributed by atoms with van der Waals surface area (Å²) in [6.07, 6.45) is 10.9. The second kappa shape index (κ2) is 7.50. The fourth-order valence-corrected chi connectivity index (χ4v) is 7.16. The van der Waals surface area contributed by atoms with Crippen LogP contribution in [0, 0.1) is 23.2 Å². The Balaban J connectivity index is 1.04. The van der Waals surface area contributed by atoms with Gasteiger partial charge in [-0.2, -0.15) is 0 Å². The van der Waals surface area contributed by atoms with Gasteiger partial charge in [-0.25, -0.2) is 0 Å². The number of aliphatic hydroxyl groups excluding tert-OH is 1. The van der Waals surface area contributed by atoms with Gasteiger partial charge in [-0.05, 0) is 85.7 Å². The fourth-order valence-electron chi connectivity index (χ4n) is 7.16. The van der Waals surface area contributed by atoms with Crippen LogP contribution in [-0.2, 0) is 17.7 Å². The predicted octanol–water partition coefficient (Wildman–Crippen LogP) is 4.03. The van der Waals surface area contributed by atoms with Crippen LogP contribution in [0.15, 0.2) is 24.3 Å². The summed E-state index contributed by atoms with van der Waals surface area (Å²) < 4.78 is 5.97. The Morgan fingerprint density at radius 1 is 1.04 bits per heavy atom. The molecule has 27 heavy (non-hydrogen) atoms. The molecule has 0 saturated heterocycles. The monoisotopic (exact) mass is 369 g/mol. The number of β-amino-alcohol motifs (C(OH)–C–C–N with tert-alkyl or cyclic N) is 1. The Kier molecular flexibility index (Phi) is 5.04. The first-order valence-electron chi connectivity index (χ1n) is 11.2. The fraction of sp³-hybridized carbons (Fsp3) is 0.750. The molecule has 4 aliphatic carbocycles. The Bertz CT molecular complexity index is 622. The quantitative estimate of drug-likeness (QED) is 0.737. The molecule has 1 heterocycles. The molecule has 148 valence electrons. The predicted molar refractivity (Wildman–Crippen MR) is 107 cm³/mol. The summed E-state index contributed by atoms with van der Waals surface area (Å²) in [6.45, 7) is 4.06. The largest absolute Gasteiger partial charge is 0.389 e. The Morgan fingerprint density at radius 3 is 2.41 bits per heavy atom. The normalized spacial score (nSPS) is 36.0. The van der Waals surface area contributed by atoms with Crippen molar-refractivity contribution in [1.29, 1.82) is 0 Å². The molecule has 1 atom stereocenters. The van der Waals surface area contributed by atoms with Crippen molar-refractivity contribution in [1.82, 2.24) is 4.90 Å². The molecule has 0 spiro atoms. The number of aliphatic hydroxyl groups is 1. The minimum absolute atomic E-state index is 0.369. The van der Waals surface area contributed by atoms with E-state index in [1.165, 1.54) is 56.1 Å². The first-order chi connectivity index (χ1) is 13.2. The molecule has 0 amide bonds. The number of hydrogen-bond acceptors (Lipinski definition) is 3. The maximum atomic E-state index is 10.4. The van der Waals surface area contributed by atoms with Crippen molar-refractivity contribution in [2.45, 2.75) is 64.0 Å². The van der Waals surface area contributed by atoms with Gasteiger partial charge in [0.15, 0.2) is 0 Å². The zero-order valence-corrected chi connectivity index (χ0v) is 16.6. The van der Waals surface area contributed by atoms with Gasteiger partial charge >= 0.3 is 0 Å². The van der Waals surface area contributed by atoms with Crippen LogP contribution in [0.5, 0.6) is 0 Å². The molecule has 0 radical (unpaired) electrons. The van der Waals surface area contributed by atoms with Crippen molar-refractivity contribution in [2.24, 2.45) is 23.2 Å². The summed E-state index contributed by atoms with van der Waals surface area (Å²) in [5, 5.41) is 10.4. The maximum Gasteiger partial charge on any atom is 0.0900 e. The standard InChI is InChI=1S/C24H35NO2/c26-23(16-25-7-5-21-3-1-2-4-22(21)15-25)17-27-8-6-24-12-18-9-19(13-24)11-20(10-18)14-24/h1-4,18-20,23,26H,5-17H2/t18?,19?,20?,23-,24?/m0/s1. The molecule has 3 heteroatoms. The molecule has 4 fully saturated rings. The lowest BCUT2D eigenvalue weighted by atomic mass is 9.49. The van der Waals surface area contributed by atoms with Gasteiger partial charge in [0.05, 0.1) is 12.7 Å². The Hall–Kier alpha value is -0.900. The van der Waals surface area contributed by atoms with Crippen LogP contribution in [0.2, 0.25) is 0 Å². The van der Waals surface area contributed by atoms with Gasteiger partial charge in [0.25, 0.3) is 0 Å². The third-order valence-corrected chi connectivity index (χ3v) is 7.93. The van der Waals surface area contributed by atoms with E-state index in [1.54, 1.807) is 0 Å². The molecule has 0 aromatic heterocycles. The Morgan fingerprint density at radius 2 is 1.70 bits per heavy atom. The van der Waals surface area contributed by atoms with Crippen LogP contribution in [0.1, 0.15) is 56.1 Å². The third kappa shape index (κ3) is 3.97. The zero-order valence-electron chi connectivity index (χ0n) is 16.6. The van der Waals surface area contributed by atoms with E-state index >= 15 is 0 Å². The number of hydrogen-bond donors (Lipinski definition) is 1. The van der Waals surface area contributed by atoms with E-state index in [0.29, 0.717) is 12.0 Å². The second-order valence-electron chi connectivity index (χ2n) is 10.2. The minimum atomic E-state index is -0.369. The van der Waals surface area contributed by atoms with Gasteiger partial charge in [0.2, 0.25) is 0 Å². The van der Waals surface area contributed by atoms with Gasteiger partial charge in [-0.15, -0.1) is 0 Å². The van der Waals surface area contributed by atoms with E-state index in [9.17, 15) is 5.11 Å². The third-order valence-electron chi connectivity index (χ3n) is 7.93. The lowest BCUT2D eigenvalue weighted by molar-refractivity contribution is -0.0742. The average molecular weight is 370 g/mol. The van der Waals surface area contributed by atoms with Crippen LogP contribution in [0.25, 0.3) is 0 Å². The van der Waals surface area contributed by atoms with Gasteiger partial charge in [-0.3, -0.25) is 4.90 Å². The van der Waals surface area contributed by atoms with Crippen molar-refractivity contribution >= 4 is 0 Å². The molecule has 1 N–H and O–H groups in total. The number of nitrogens with zero attached hydrogens (tertiary/aromatic N) is 1. The summed E-state index contributed by atoms with van der Waals surface area (Å²) in [7, 11) is 0. The van der Waals surface area contributed by atoms with Gasteiger partial charge in [0.1, 0.15) is 0 Å². The molecule has 1 aromatic carbocycles. The van der Waals surface area contributed by atoms with E-state index in [1.807, 2.05) is 0 Å². The van der Waals surface area contributed by atoms with Crippen molar-refractivity contribution in [3.63, 3.8) is 0 Å². The first-order valence-corrected chi connectivity index (χ1v) is 11.2. The van der Waals surface area contributed by atoms with E-state index < -0.39 is 0 Å². The zero-order chi connectivity index (χ0) is 18.3. The highest BCUT2D eigenvalue weighted by atomic mass is 16.5. The van der Waals surface area contributed by atoms with E-state index in [0.717, 1.165) is 50.4 Å². The average Bonchev–Trinajstić information content (AvgIpc) is 2.64. The summed E-state index contributed by atoms with van der Waals surface area (Å²) >= 11 is 0. The van der Waals surface area contributed by atoms with E-state index in [-0.39, 0.29) is 6.10 Å². The molecule has 3 nitrogen and oxygen atoms in total. The smallest absolute Gasteiger partial charge is 0.0900 e. The van der Waals surface area contributed by atoms with E-state index in [4.69, 9.17) is 4.74 Å². The van der Waals surface area contributed by atoms with Crippen molar-refractivity contribution in [2.75, 3.05) is 26.3 Å². The highest BCUT2D eigenvalue weighted by molar-refractivity contribution is 5.29. The van der Waals surface area contributed by atoms with Crippen molar-refractivity contribution < 1.29 is 9.84 Å². The topological polar surface area (TPSA) is 32.7 Å². The van der Waals surface area contributed by atoms with Gasteiger partial charge < -0.3 is 9.84 Å². The highest BCUT2D eigenvalue weighted by Gasteiger charge is 2.50. The molecule has 1 aromatic rings. The van der Waals surface area contributed by atoms with Crippen LogP contribution in [0.4, 0.5) is 0 Å². The molecular formula is C24H35NO2. The van der Waals surface area contributed by atoms with Crippen LogP contribution in [-0.4, -0.2) is 42.4 Å². The van der Waals surface area contributed by atoms with Crippen molar-refractivity contribution in [3.8, 4) is 0 Å². The summed E-state index contributed by atoms with van der Waals surface area (Å²) in [5.74, 6) is 3.05. The van der Waals surface area contributed by atoms with Crippen molar-refractivity contribution in [3.05, 3.63) is 35.4 Å². The molecule has 4 saturated carbocycles. The molecule has 6 rings (SSSR count). The lowest BCUT2D eigenvalue weighted by Gasteiger charge is -2.57. The Labute approximate surface area is 164 Å². The SMILES string of the molecule is O[C@H](COCCC12CC3CC(CC(C3)C1)C2)CN1CCc2ccccc2C1. The molecular weight excluding hydrogens is 334 g/mol. The first kappa shape index (κ1) is 18.1. The van der Waals surface area contributed by atoms with Crippen LogP contribution < -0.4 is 0 Å². The van der Waals surface area contributed by atoms with Crippen LogP contribution in [0.3, 0.4) is 0 Å². The maximum absolute atomic E-state index is 10.4. The number of fused-ring (bicyclic) bond motifs is 1.